The molecule has 0 bridgehead atoms. The smallest absolute Gasteiger partial charge is 0.0688 e. The average molecular weight is 454 g/mol. The summed E-state index contributed by atoms with van der Waals surface area (Å²) in [6.07, 6.45) is 39.4. The van der Waals surface area contributed by atoms with Gasteiger partial charge in [-0.15, -0.1) is 0 Å². The second-order valence-electron chi connectivity index (χ2n) is 12.8. The quantitative estimate of drug-likeness (QED) is 0.372. The molecule has 2 fully saturated rings. The summed E-state index contributed by atoms with van der Waals surface area (Å²) in [5.74, 6) is 0. The van der Waals surface area contributed by atoms with Crippen LogP contribution in [0.5, 0.6) is 0 Å². The Labute approximate surface area is 212 Å². The first-order valence-electron chi connectivity index (χ1n) is 15.8. The van der Waals surface area contributed by atoms with Crippen LogP contribution in [0.1, 0.15) is 187 Å². The molecule has 0 amide bonds. The van der Waals surface area contributed by atoms with Crippen molar-refractivity contribution in [3.05, 3.63) is 0 Å². The minimum absolute atomic E-state index is 0.432. The zero-order chi connectivity index (χ0) is 23.5. The van der Waals surface area contributed by atoms with Gasteiger partial charge in [0.1, 0.15) is 0 Å². The van der Waals surface area contributed by atoms with Gasteiger partial charge in [0.15, 0.2) is 0 Å². The fraction of sp³-hybridized carbons (Fsp3) is 1.00. The Balaban J connectivity index is 1.87. The highest BCUT2D eigenvalue weighted by Gasteiger charge is 2.31. The summed E-state index contributed by atoms with van der Waals surface area (Å²) < 4.78 is 0. The monoisotopic (exact) mass is 454 g/mol. The Hall–Kier alpha value is 0.130. The molecule has 0 N–H and O–H groups in total. The molecule has 0 saturated heterocycles. The van der Waals surface area contributed by atoms with Gasteiger partial charge < -0.3 is 0 Å². The van der Waals surface area contributed by atoms with Crippen LogP contribution in [0.15, 0.2) is 0 Å². The number of hydrogen-bond acceptors (Lipinski definition) is 0. The van der Waals surface area contributed by atoms with E-state index < -0.39 is 0 Å². The van der Waals surface area contributed by atoms with Crippen molar-refractivity contribution in [3.63, 3.8) is 0 Å². The topological polar surface area (TPSA) is 0 Å². The second kappa shape index (κ2) is 18.4. The largest absolute Gasteiger partial charge is 0.0742 e. The van der Waals surface area contributed by atoms with Crippen molar-refractivity contribution in [1.29, 1.82) is 0 Å². The fourth-order valence-electron chi connectivity index (χ4n) is 6.46. The number of hydrogen-bond donors (Lipinski definition) is 0. The van der Waals surface area contributed by atoms with Crippen LogP contribution in [0.3, 0.4) is 0 Å². The SMILES string of the molecule is CC1([B][B]C2(C)CCCCCCCCCCCC2)CCCCCCCCCCCCCCC1. The van der Waals surface area contributed by atoms with Gasteiger partial charge in [-0.2, -0.15) is 0 Å². The lowest BCUT2D eigenvalue weighted by Crippen LogP contribution is -2.31. The molecule has 33 heavy (non-hydrogen) atoms. The predicted octanol–water partition coefficient (Wildman–Crippen LogP) is 11.2. The third-order valence-electron chi connectivity index (χ3n) is 9.13. The zero-order valence-electron chi connectivity index (χ0n) is 23.2. The van der Waals surface area contributed by atoms with Crippen molar-refractivity contribution in [2.75, 3.05) is 0 Å². The lowest BCUT2D eigenvalue weighted by Gasteiger charge is -2.36. The van der Waals surface area contributed by atoms with Gasteiger partial charge in [0.05, 0.1) is 14.3 Å². The molecular weight excluding hydrogens is 394 g/mol. The molecule has 2 aliphatic rings. The Morgan fingerprint density at radius 1 is 0.273 bits per heavy atom. The minimum Gasteiger partial charge on any atom is -0.0688 e. The molecule has 2 radical (unpaired) electrons. The molecule has 190 valence electrons. The second-order valence-corrected chi connectivity index (χ2v) is 12.8. The van der Waals surface area contributed by atoms with Gasteiger partial charge >= 0.3 is 0 Å². The molecule has 0 unspecified atom stereocenters. The molecule has 0 aromatic rings. The molecule has 0 atom stereocenters. The zero-order valence-corrected chi connectivity index (χ0v) is 23.2. The van der Waals surface area contributed by atoms with Crippen LogP contribution in [-0.4, -0.2) is 14.3 Å². The average Bonchev–Trinajstić information content (AvgIpc) is 2.82. The van der Waals surface area contributed by atoms with Crippen molar-refractivity contribution in [1.82, 2.24) is 0 Å². The van der Waals surface area contributed by atoms with Crippen LogP contribution in [0, 0.1) is 0 Å². The van der Waals surface area contributed by atoms with Gasteiger partial charge in [-0.05, 0) is 0 Å². The van der Waals surface area contributed by atoms with Crippen LogP contribution in [-0.2, 0) is 0 Å². The van der Waals surface area contributed by atoms with E-state index in [4.69, 9.17) is 0 Å². The Kier molecular flexibility index (Phi) is 16.4. The van der Waals surface area contributed by atoms with Gasteiger partial charge in [0.25, 0.3) is 0 Å². The van der Waals surface area contributed by atoms with Gasteiger partial charge in [0, 0.05) is 0 Å². The summed E-state index contributed by atoms with van der Waals surface area (Å²) in [6.45, 7) is 5.21. The molecular formula is C31H60B2. The summed E-state index contributed by atoms with van der Waals surface area (Å²) >= 11 is 0. The Morgan fingerprint density at radius 3 is 0.606 bits per heavy atom. The first-order valence-corrected chi connectivity index (χ1v) is 15.8. The highest BCUT2D eigenvalue weighted by molar-refractivity contribution is 7.03. The van der Waals surface area contributed by atoms with Gasteiger partial charge in [-0.25, -0.2) is 0 Å². The lowest BCUT2D eigenvalue weighted by molar-refractivity contribution is 0.437. The fourth-order valence-corrected chi connectivity index (χ4v) is 6.46. The van der Waals surface area contributed by atoms with Crippen molar-refractivity contribution >= 4 is 14.3 Å². The molecule has 0 aliphatic heterocycles. The highest BCUT2D eigenvalue weighted by atomic mass is 14.2. The van der Waals surface area contributed by atoms with E-state index in [1.165, 1.54) is 173 Å². The highest BCUT2D eigenvalue weighted by Crippen LogP contribution is 2.43. The minimum atomic E-state index is 0.432. The first kappa shape index (κ1) is 29.4. The molecule has 0 aromatic heterocycles. The number of rotatable bonds is 3. The Bertz CT molecular complexity index is 416. The van der Waals surface area contributed by atoms with E-state index in [0.717, 1.165) is 0 Å². The summed E-state index contributed by atoms with van der Waals surface area (Å²) in [7, 11) is 5.49. The summed E-state index contributed by atoms with van der Waals surface area (Å²) in [6, 6.07) is 0. The van der Waals surface area contributed by atoms with Crippen LogP contribution < -0.4 is 0 Å². The van der Waals surface area contributed by atoms with E-state index in [2.05, 4.69) is 28.2 Å². The first-order chi connectivity index (χ1) is 16.1. The van der Waals surface area contributed by atoms with E-state index in [1.54, 1.807) is 0 Å². The normalized spacial score (nSPS) is 26.1. The van der Waals surface area contributed by atoms with Crippen molar-refractivity contribution in [3.8, 4) is 0 Å². The van der Waals surface area contributed by atoms with Gasteiger partial charge in [-0.1, -0.05) is 198 Å². The summed E-state index contributed by atoms with van der Waals surface area (Å²) in [5, 5.41) is 0.869. The molecule has 0 heterocycles. The van der Waals surface area contributed by atoms with Crippen molar-refractivity contribution < 1.29 is 0 Å². The van der Waals surface area contributed by atoms with Crippen LogP contribution >= 0.6 is 0 Å². The van der Waals surface area contributed by atoms with Crippen LogP contribution in [0.4, 0.5) is 0 Å². The summed E-state index contributed by atoms with van der Waals surface area (Å²) in [5.41, 5.74) is 0. The predicted molar refractivity (Wildman–Crippen MR) is 153 cm³/mol. The molecule has 2 saturated carbocycles. The van der Waals surface area contributed by atoms with E-state index >= 15 is 0 Å². The molecule has 2 rings (SSSR count). The molecule has 0 aromatic carbocycles. The van der Waals surface area contributed by atoms with E-state index in [9.17, 15) is 0 Å². The maximum Gasteiger partial charge on any atom is 0.0742 e. The standard InChI is InChI=1S/C31H60B2/c1-30(26-22-18-14-10-6-4-3-5-7-11-15-19-23-27-30)32-33-31(2)28-24-20-16-12-8-9-13-17-21-25-29-31/h3-29H2,1-2H3. The van der Waals surface area contributed by atoms with Crippen molar-refractivity contribution in [2.45, 2.75) is 198 Å². The maximum absolute atomic E-state index is 2.74. The van der Waals surface area contributed by atoms with E-state index in [-0.39, 0.29) is 0 Å². The lowest BCUT2D eigenvalue weighted by atomic mass is 9.20. The third-order valence-corrected chi connectivity index (χ3v) is 9.13. The molecule has 2 aliphatic carbocycles. The van der Waals surface area contributed by atoms with E-state index in [0.29, 0.717) is 10.6 Å². The van der Waals surface area contributed by atoms with Gasteiger partial charge in [-0.3, -0.25) is 0 Å². The van der Waals surface area contributed by atoms with Crippen LogP contribution in [0.2, 0.25) is 10.6 Å². The van der Waals surface area contributed by atoms with Crippen molar-refractivity contribution in [2.24, 2.45) is 0 Å². The molecule has 0 nitrogen and oxygen atoms in total. The Morgan fingerprint density at radius 2 is 0.424 bits per heavy atom. The van der Waals surface area contributed by atoms with Crippen LogP contribution in [0.25, 0.3) is 0 Å². The van der Waals surface area contributed by atoms with E-state index in [1.807, 2.05) is 0 Å². The summed E-state index contributed by atoms with van der Waals surface area (Å²) in [4.78, 5) is 0. The molecule has 2 heteroatoms. The maximum atomic E-state index is 2.74. The van der Waals surface area contributed by atoms with Gasteiger partial charge in [0.2, 0.25) is 0 Å². The molecule has 0 spiro atoms. The third kappa shape index (κ3) is 15.0.